The minimum atomic E-state index is -0.294. The maximum atomic E-state index is 11.8. The van der Waals surface area contributed by atoms with Gasteiger partial charge in [0.25, 0.3) is 0 Å². The summed E-state index contributed by atoms with van der Waals surface area (Å²) < 4.78 is 5.05. The highest BCUT2D eigenvalue weighted by molar-refractivity contribution is 7.17. The molecule has 1 saturated heterocycles. The summed E-state index contributed by atoms with van der Waals surface area (Å²) in [6, 6.07) is 6.61. The van der Waals surface area contributed by atoms with Crippen LogP contribution in [0.1, 0.15) is 35.1 Å². The number of ether oxygens (including phenoxy) is 1. The van der Waals surface area contributed by atoms with E-state index in [9.17, 15) is 4.79 Å². The molecule has 3 heterocycles. The van der Waals surface area contributed by atoms with Gasteiger partial charge in [0.2, 0.25) is 0 Å². The number of piperazine rings is 1. The highest BCUT2D eigenvalue weighted by atomic mass is 32.1. The van der Waals surface area contributed by atoms with Crippen LogP contribution in [0, 0.1) is 0 Å². The molecule has 2 aromatic heterocycles. The van der Waals surface area contributed by atoms with Gasteiger partial charge in [-0.05, 0) is 31.5 Å². The normalized spacial score (nSPS) is 16.3. The number of carbonyl (C=O) groups is 1. The first-order valence-electron chi connectivity index (χ1n) is 9.48. The fourth-order valence-corrected chi connectivity index (χ4v) is 4.32. The number of benzene rings is 1. The molecule has 1 aromatic carbocycles. The third-order valence-electron chi connectivity index (χ3n) is 5.08. The Kier molecular flexibility index (Phi) is 5.50. The number of carbonyl (C=O) groups excluding carboxylic acids is 1. The molecule has 0 amide bonds. The topological polar surface area (TPSA) is 71.5 Å². The van der Waals surface area contributed by atoms with E-state index in [0.717, 1.165) is 42.3 Å². The molecule has 28 heavy (non-hydrogen) atoms. The number of fused-ring (bicyclic) bond motifs is 1. The lowest BCUT2D eigenvalue weighted by Crippen LogP contribution is -2.47. The van der Waals surface area contributed by atoms with Gasteiger partial charge in [0.15, 0.2) is 5.13 Å². The lowest BCUT2D eigenvalue weighted by atomic mass is 10.1. The molecule has 0 spiro atoms. The monoisotopic (exact) mass is 397 g/mol. The lowest BCUT2D eigenvalue weighted by Gasteiger charge is -2.38. The van der Waals surface area contributed by atoms with Crippen LogP contribution < -0.4 is 4.90 Å². The number of hydrogen-bond donors (Lipinski definition) is 0. The Morgan fingerprint density at radius 3 is 2.64 bits per heavy atom. The maximum absolute atomic E-state index is 11.8. The van der Waals surface area contributed by atoms with E-state index in [2.05, 4.69) is 43.8 Å². The molecule has 0 saturated carbocycles. The Bertz CT molecular complexity index is 968. The van der Waals surface area contributed by atoms with Crippen molar-refractivity contribution in [3.63, 3.8) is 0 Å². The van der Waals surface area contributed by atoms with Gasteiger partial charge < -0.3 is 9.64 Å². The summed E-state index contributed by atoms with van der Waals surface area (Å²) in [6.07, 6.45) is 5.06. The van der Waals surface area contributed by atoms with Gasteiger partial charge in [-0.2, -0.15) is 0 Å². The van der Waals surface area contributed by atoms with Gasteiger partial charge in [0, 0.05) is 44.6 Å². The predicted molar refractivity (Wildman–Crippen MR) is 110 cm³/mol. The molecule has 1 unspecified atom stereocenters. The summed E-state index contributed by atoms with van der Waals surface area (Å²) in [6.45, 7) is 8.06. The van der Waals surface area contributed by atoms with Gasteiger partial charge in [-0.15, -0.1) is 0 Å². The average molecular weight is 398 g/mol. The molecule has 1 aliphatic heterocycles. The first-order chi connectivity index (χ1) is 13.7. The van der Waals surface area contributed by atoms with Crippen LogP contribution in [0.5, 0.6) is 0 Å². The van der Waals surface area contributed by atoms with Crippen LogP contribution >= 0.6 is 11.3 Å². The third-order valence-corrected chi connectivity index (χ3v) is 6.12. The van der Waals surface area contributed by atoms with E-state index >= 15 is 0 Å². The van der Waals surface area contributed by atoms with Crippen molar-refractivity contribution >= 4 is 33.5 Å². The average Bonchev–Trinajstić information content (AvgIpc) is 3.24. The molecule has 3 aromatic rings. The van der Waals surface area contributed by atoms with E-state index in [4.69, 9.17) is 4.74 Å². The summed E-state index contributed by atoms with van der Waals surface area (Å²) in [4.78, 5) is 30.3. The molecule has 0 radical (unpaired) electrons. The summed E-state index contributed by atoms with van der Waals surface area (Å²) in [7, 11) is 0. The van der Waals surface area contributed by atoms with Crippen LogP contribution in [0.2, 0.25) is 0 Å². The number of anilines is 1. The van der Waals surface area contributed by atoms with Crippen LogP contribution in [0.15, 0.2) is 36.8 Å². The molecule has 1 atom stereocenters. The molecule has 8 heteroatoms. The number of aromatic nitrogens is 3. The first kappa shape index (κ1) is 18.8. The Morgan fingerprint density at radius 2 is 1.89 bits per heavy atom. The van der Waals surface area contributed by atoms with Gasteiger partial charge >= 0.3 is 5.97 Å². The van der Waals surface area contributed by atoms with Gasteiger partial charge in [-0.3, -0.25) is 14.9 Å². The fraction of sp³-hybridized carbons (Fsp3) is 0.400. The summed E-state index contributed by atoms with van der Waals surface area (Å²) in [5, 5.41) is 0.885. The Balaban J connectivity index is 1.40. The van der Waals surface area contributed by atoms with Crippen LogP contribution in [0.3, 0.4) is 0 Å². The minimum Gasteiger partial charge on any atom is -0.462 e. The minimum absolute atomic E-state index is 0.294. The van der Waals surface area contributed by atoms with Crippen molar-refractivity contribution in [3.8, 4) is 0 Å². The third kappa shape index (κ3) is 3.83. The van der Waals surface area contributed by atoms with Crippen LogP contribution in [-0.4, -0.2) is 58.6 Å². The first-order valence-corrected chi connectivity index (χ1v) is 10.3. The molecule has 4 rings (SSSR count). The molecule has 1 fully saturated rings. The zero-order chi connectivity index (χ0) is 19.5. The maximum Gasteiger partial charge on any atom is 0.350 e. The van der Waals surface area contributed by atoms with E-state index in [1.807, 2.05) is 13.0 Å². The molecule has 146 valence electrons. The van der Waals surface area contributed by atoms with Crippen molar-refractivity contribution in [2.75, 3.05) is 37.7 Å². The van der Waals surface area contributed by atoms with Crippen LogP contribution in [-0.2, 0) is 4.74 Å². The Labute approximate surface area is 168 Å². The second-order valence-electron chi connectivity index (χ2n) is 6.73. The van der Waals surface area contributed by atoms with Gasteiger partial charge in [-0.1, -0.05) is 17.4 Å². The van der Waals surface area contributed by atoms with Gasteiger partial charge in [-0.25, -0.2) is 9.78 Å². The van der Waals surface area contributed by atoms with E-state index in [-0.39, 0.29) is 5.97 Å². The second-order valence-corrected chi connectivity index (χ2v) is 7.74. The van der Waals surface area contributed by atoms with E-state index in [1.54, 1.807) is 18.6 Å². The zero-order valence-corrected chi connectivity index (χ0v) is 16.9. The van der Waals surface area contributed by atoms with Crippen molar-refractivity contribution in [1.82, 2.24) is 19.9 Å². The Hall–Kier alpha value is -2.58. The standard InChI is InChI=1S/C20H23N5O2S/c1-3-27-19(26)18-13-23-20(28-18)25-10-8-24(9-11-25)14(2)15-4-5-16-17(12-15)22-7-6-21-16/h4-7,12-14H,3,8-11H2,1-2H3. The fourth-order valence-electron chi connectivity index (χ4n) is 3.46. The molecule has 7 nitrogen and oxygen atoms in total. The lowest BCUT2D eigenvalue weighted by molar-refractivity contribution is 0.0532. The predicted octanol–water partition coefficient (Wildman–Crippen LogP) is 3.15. The quantitative estimate of drug-likeness (QED) is 0.613. The number of hydrogen-bond acceptors (Lipinski definition) is 8. The summed E-state index contributed by atoms with van der Waals surface area (Å²) >= 11 is 1.40. The number of nitrogens with zero attached hydrogens (tertiary/aromatic N) is 5. The van der Waals surface area contributed by atoms with Crippen LogP contribution in [0.4, 0.5) is 5.13 Å². The Morgan fingerprint density at radius 1 is 1.14 bits per heavy atom. The summed E-state index contributed by atoms with van der Waals surface area (Å²) in [5.74, 6) is -0.294. The number of thiazole rings is 1. The number of rotatable bonds is 5. The molecule has 0 bridgehead atoms. The van der Waals surface area contributed by atoms with Crippen molar-refractivity contribution < 1.29 is 9.53 Å². The van der Waals surface area contributed by atoms with Crippen molar-refractivity contribution in [2.45, 2.75) is 19.9 Å². The molecule has 0 aliphatic carbocycles. The highest BCUT2D eigenvalue weighted by Gasteiger charge is 2.24. The highest BCUT2D eigenvalue weighted by Crippen LogP contribution is 2.28. The van der Waals surface area contributed by atoms with Crippen molar-refractivity contribution in [1.29, 1.82) is 0 Å². The smallest absolute Gasteiger partial charge is 0.350 e. The molecule has 0 N–H and O–H groups in total. The van der Waals surface area contributed by atoms with Crippen molar-refractivity contribution in [2.24, 2.45) is 0 Å². The largest absolute Gasteiger partial charge is 0.462 e. The van der Waals surface area contributed by atoms with Gasteiger partial charge in [0.05, 0.1) is 23.8 Å². The second kappa shape index (κ2) is 8.20. The SMILES string of the molecule is CCOC(=O)c1cnc(N2CCN(C(C)c3ccc4nccnc4c3)CC2)s1. The molecule has 1 aliphatic rings. The van der Waals surface area contributed by atoms with Crippen LogP contribution in [0.25, 0.3) is 11.0 Å². The van der Waals surface area contributed by atoms with Gasteiger partial charge in [0.1, 0.15) is 4.88 Å². The van der Waals surface area contributed by atoms with E-state index < -0.39 is 0 Å². The van der Waals surface area contributed by atoms with Crippen molar-refractivity contribution in [3.05, 3.63) is 47.2 Å². The summed E-state index contributed by atoms with van der Waals surface area (Å²) in [5.41, 5.74) is 3.10. The zero-order valence-electron chi connectivity index (χ0n) is 16.0. The molecular weight excluding hydrogens is 374 g/mol. The molecular formula is C20H23N5O2S. The number of esters is 1. The van der Waals surface area contributed by atoms with E-state index in [1.165, 1.54) is 16.9 Å². The van der Waals surface area contributed by atoms with E-state index in [0.29, 0.717) is 17.5 Å².